The molecule has 26 heavy (non-hydrogen) atoms. The van der Waals surface area contributed by atoms with Crippen LogP contribution in [0.1, 0.15) is 6.42 Å². The Morgan fingerprint density at radius 1 is 1.23 bits per heavy atom. The highest BCUT2D eigenvalue weighted by Crippen LogP contribution is 2.32. The second-order valence-corrected chi connectivity index (χ2v) is 7.84. The van der Waals surface area contributed by atoms with Crippen LogP contribution in [-0.4, -0.2) is 66.4 Å². The van der Waals surface area contributed by atoms with Gasteiger partial charge in [0.2, 0.25) is 0 Å². The minimum Gasteiger partial charge on any atom is -0.490 e. The molecule has 0 amide bonds. The van der Waals surface area contributed by atoms with Gasteiger partial charge in [-0.3, -0.25) is 4.99 Å². The topological polar surface area (TPSA) is 98.3 Å². The average Bonchev–Trinajstić information content (AvgIpc) is 2.80. The van der Waals surface area contributed by atoms with E-state index in [1.807, 2.05) is 18.2 Å². The van der Waals surface area contributed by atoms with E-state index in [4.69, 9.17) is 14.2 Å². The first-order valence-corrected chi connectivity index (χ1v) is 10.2. The van der Waals surface area contributed by atoms with Crippen LogP contribution in [-0.2, 0) is 14.6 Å². The second-order valence-electron chi connectivity index (χ2n) is 5.58. The summed E-state index contributed by atoms with van der Waals surface area (Å²) in [7, 11) is -1.32. The molecule has 2 N–H and O–H groups in total. The number of guanidine groups is 1. The number of sulfone groups is 1. The van der Waals surface area contributed by atoms with Gasteiger partial charge in [-0.25, -0.2) is 8.42 Å². The van der Waals surface area contributed by atoms with E-state index in [-0.39, 0.29) is 36.3 Å². The lowest BCUT2D eigenvalue weighted by Crippen LogP contribution is -2.33. The number of fused-ring (bicyclic) bond motifs is 1. The van der Waals surface area contributed by atoms with Crippen LogP contribution < -0.4 is 20.1 Å². The molecule has 0 aliphatic carbocycles. The highest BCUT2D eigenvalue weighted by Gasteiger charge is 2.11. The second kappa shape index (κ2) is 11.4. The van der Waals surface area contributed by atoms with Crippen LogP contribution in [0.2, 0.25) is 0 Å². The van der Waals surface area contributed by atoms with Gasteiger partial charge in [-0.05, 0) is 12.1 Å². The van der Waals surface area contributed by atoms with Crippen LogP contribution in [0.5, 0.6) is 11.5 Å². The SMILES string of the molecule is CN=C(NCCOCCS(C)(=O)=O)Nc1ccc2c(c1)OCCCO2.I. The van der Waals surface area contributed by atoms with Crippen molar-refractivity contribution in [2.45, 2.75) is 6.42 Å². The van der Waals surface area contributed by atoms with Gasteiger partial charge in [0.05, 0.1) is 32.2 Å². The molecule has 0 atom stereocenters. The zero-order valence-electron chi connectivity index (χ0n) is 15.0. The fraction of sp³-hybridized carbons (Fsp3) is 0.562. The van der Waals surface area contributed by atoms with Crippen LogP contribution in [0.3, 0.4) is 0 Å². The van der Waals surface area contributed by atoms with Crippen molar-refractivity contribution in [1.29, 1.82) is 0 Å². The summed E-state index contributed by atoms with van der Waals surface area (Å²) in [5.74, 6) is 2.06. The first kappa shape index (κ1) is 22.8. The van der Waals surface area contributed by atoms with E-state index in [0.717, 1.165) is 17.9 Å². The summed E-state index contributed by atoms with van der Waals surface area (Å²) in [6.45, 7) is 2.37. The fourth-order valence-corrected chi connectivity index (χ4v) is 2.53. The molecule has 1 aromatic carbocycles. The van der Waals surface area contributed by atoms with Crippen molar-refractivity contribution in [3.8, 4) is 11.5 Å². The van der Waals surface area contributed by atoms with E-state index in [1.54, 1.807) is 7.05 Å². The first-order chi connectivity index (χ1) is 12.0. The average molecular weight is 499 g/mol. The summed E-state index contributed by atoms with van der Waals surface area (Å²) in [5, 5.41) is 6.27. The van der Waals surface area contributed by atoms with E-state index >= 15 is 0 Å². The highest BCUT2D eigenvalue weighted by atomic mass is 127. The molecule has 1 heterocycles. The standard InChI is InChI=1S/C16H25N3O5S.HI/c1-17-16(18-6-9-22-10-11-25(2,20)21)19-13-4-5-14-15(12-13)24-8-3-7-23-14;/h4-5,12H,3,6-11H2,1-2H3,(H2,17,18,19);1H. The molecule has 10 heteroatoms. The maximum atomic E-state index is 11.0. The molecule has 0 radical (unpaired) electrons. The number of aliphatic imine (C=N–C) groups is 1. The van der Waals surface area contributed by atoms with Gasteiger partial charge in [0.1, 0.15) is 9.84 Å². The van der Waals surface area contributed by atoms with E-state index in [0.29, 0.717) is 38.1 Å². The highest BCUT2D eigenvalue weighted by molar-refractivity contribution is 14.0. The van der Waals surface area contributed by atoms with Gasteiger partial charge in [-0.2, -0.15) is 0 Å². The Morgan fingerprint density at radius 2 is 1.96 bits per heavy atom. The number of nitrogens with zero attached hydrogens (tertiary/aromatic N) is 1. The number of nitrogens with one attached hydrogen (secondary N) is 2. The van der Waals surface area contributed by atoms with Crippen molar-refractivity contribution < 1.29 is 22.6 Å². The summed E-state index contributed by atoms with van der Waals surface area (Å²) in [6, 6.07) is 5.63. The third-order valence-corrected chi connectivity index (χ3v) is 4.28. The molecule has 1 aliphatic heterocycles. The normalized spacial score (nSPS) is 14.2. The quantitative estimate of drug-likeness (QED) is 0.254. The largest absolute Gasteiger partial charge is 0.490 e. The molecule has 1 aliphatic rings. The van der Waals surface area contributed by atoms with Crippen LogP contribution in [0.4, 0.5) is 5.69 Å². The van der Waals surface area contributed by atoms with Crippen molar-refractivity contribution in [3.05, 3.63) is 18.2 Å². The molecule has 0 spiro atoms. The number of ether oxygens (including phenoxy) is 3. The number of halogens is 1. The Balaban J connectivity index is 0.00000338. The lowest BCUT2D eigenvalue weighted by atomic mass is 10.3. The Kier molecular flexibility index (Phi) is 10.0. The lowest BCUT2D eigenvalue weighted by Gasteiger charge is -2.14. The summed E-state index contributed by atoms with van der Waals surface area (Å²) >= 11 is 0. The predicted molar refractivity (Wildman–Crippen MR) is 113 cm³/mol. The number of anilines is 1. The maximum absolute atomic E-state index is 11.0. The van der Waals surface area contributed by atoms with Crippen molar-refractivity contribution >= 4 is 45.5 Å². The monoisotopic (exact) mass is 499 g/mol. The summed E-state index contributed by atoms with van der Waals surface area (Å²) in [4.78, 5) is 4.14. The van der Waals surface area contributed by atoms with Crippen molar-refractivity contribution in [2.75, 3.05) is 57.3 Å². The summed E-state index contributed by atoms with van der Waals surface area (Å²) in [5.41, 5.74) is 0.829. The first-order valence-electron chi connectivity index (χ1n) is 8.11. The lowest BCUT2D eigenvalue weighted by molar-refractivity contribution is 0.154. The van der Waals surface area contributed by atoms with Gasteiger partial charge < -0.3 is 24.8 Å². The van der Waals surface area contributed by atoms with E-state index in [1.165, 1.54) is 6.26 Å². The minimum absolute atomic E-state index is 0. The van der Waals surface area contributed by atoms with Crippen LogP contribution in [0, 0.1) is 0 Å². The molecule has 0 aromatic heterocycles. The molecule has 0 saturated heterocycles. The number of hydrogen-bond acceptors (Lipinski definition) is 6. The van der Waals surface area contributed by atoms with E-state index in [2.05, 4.69) is 15.6 Å². The number of benzene rings is 1. The Hall–Kier alpha value is -1.27. The van der Waals surface area contributed by atoms with Gasteiger partial charge in [0.25, 0.3) is 0 Å². The van der Waals surface area contributed by atoms with E-state index in [9.17, 15) is 8.42 Å². The van der Waals surface area contributed by atoms with Gasteiger partial charge >= 0.3 is 0 Å². The van der Waals surface area contributed by atoms with Gasteiger partial charge in [-0.1, -0.05) is 0 Å². The molecular formula is C16H26IN3O5S. The van der Waals surface area contributed by atoms with Gasteiger partial charge in [-0.15, -0.1) is 24.0 Å². The third kappa shape index (κ3) is 8.41. The predicted octanol–water partition coefficient (Wildman–Crippen LogP) is 1.51. The maximum Gasteiger partial charge on any atom is 0.195 e. The molecule has 0 bridgehead atoms. The molecule has 2 rings (SSSR count). The molecular weight excluding hydrogens is 473 g/mol. The van der Waals surface area contributed by atoms with Crippen molar-refractivity contribution in [3.63, 3.8) is 0 Å². The van der Waals surface area contributed by atoms with Crippen molar-refractivity contribution in [2.24, 2.45) is 4.99 Å². The molecule has 8 nitrogen and oxygen atoms in total. The number of rotatable bonds is 7. The fourth-order valence-electron chi connectivity index (χ4n) is 2.11. The van der Waals surface area contributed by atoms with Gasteiger partial charge in [0.15, 0.2) is 17.5 Å². The van der Waals surface area contributed by atoms with Crippen LogP contribution >= 0.6 is 24.0 Å². The zero-order valence-corrected chi connectivity index (χ0v) is 18.1. The van der Waals surface area contributed by atoms with Crippen LogP contribution in [0.25, 0.3) is 0 Å². The van der Waals surface area contributed by atoms with E-state index < -0.39 is 9.84 Å². The summed E-state index contributed by atoms with van der Waals surface area (Å²) < 4.78 is 38.6. The molecule has 0 fully saturated rings. The summed E-state index contributed by atoms with van der Waals surface area (Å²) in [6.07, 6.45) is 2.05. The molecule has 148 valence electrons. The molecule has 0 saturated carbocycles. The smallest absolute Gasteiger partial charge is 0.195 e. The zero-order chi connectivity index (χ0) is 18.1. The molecule has 1 aromatic rings. The Morgan fingerprint density at radius 3 is 2.65 bits per heavy atom. The van der Waals surface area contributed by atoms with Crippen molar-refractivity contribution in [1.82, 2.24) is 5.32 Å². The van der Waals surface area contributed by atoms with Crippen LogP contribution in [0.15, 0.2) is 23.2 Å². The third-order valence-electron chi connectivity index (χ3n) is 3.37. The molecule has 0 unspecified atom stereocenters. The Bertz CT molecular complexity index is 697. The Labute approximate surface area is 171 Å². The minimum atomic E-state index is -2.99. The number of hydrogen-bond donors (Lipinski definition) is 2. The van der Waals surface area contributed by atoms with Gasteiger partial charge in [0, 0.05) is 38.0 Å².